The molecule has 110 valence electrons. The van der Waals surface area contributed by atoms with Gasteiger partial charge in [-0.15, -0.1) is 0 Å². The highest BCUT2D eigenvalue weighted by molar-refractivity contribution is 5.57. The summed E-state index contributed by atoms with van der Waals surface area (Å²) in [5, 5.41) is 3.24. The van der Waals surface area contributed by atoms with Crippen molar-refractivity contribution >= 4 is 5.82 Å². The lowest BCUT2D eigenvalue weighted by Gasteiger charge is -2.08. The van der Waals surface area contributed by atoms with Crippen molar-refractivity contribution in [3.05, 3.63) is 77.7 Å². The summed E-state index contributed by atoms with van der Waals surface area (Å²) in [5.41, 5.74) is 2.79. The van der Waals surface area contributed by atoms with Gasteiger partial charge in [0.2, 0.25) is 0 Å². The van der Waals surface area contributed by atoms with Crippen molar-refractivity contribution in [1.29, 1.82) is 0 Å². The lowest BCUT2D eigenvalue weighted by atomic mass is 10.1. The molecule has 3 nitrogen and oxygen atoms in total. The zero-order chi connectivity index (χ0) is 15.4. The second-order valence-corrected chi connectivity index (χ2v) is 5.09. The largest absolute Gasteiger partial charge is 0.366 e. The molecular weight excluding hydrogens is 277 g/mol. The fourth-order valence-corrected chi connectivity index (χ4v) is 2.24. The van der Waals surface area contributed by atoms with Gasteiger partial charge in [-0.2, -0.15) is 0 Å². The number of halogens is 1. The van der Waals surface area contributed by atoms with Crippen LogP contribution in [0.4, 0.5) is 10.2 Å². The molecule has 1 aromatic heterocycles. The number of rotatable bonds is 4. The van der Waals surface area contributed by atoms with Gasteiger partial charge in [0, 0.05) is 12.7 Å². The normalized spacial score (nSPS) is 10.5. The quantitative estimate of drug-likeness (QED) is 0.783. The number of nitrogens with zero attached hydrogens (tertiary/aromatic N) is 2. The Labute approximate surface area is 128 Å². The van der Waals surface area contributed by atoms with Crippen LogP contribution in [0.15, 0.2) is 60.8 Å². The first-order valence-corrected chi connectivity index (χ1v) is 7.10. The van der Waals surface area contributed by atoms with Gasteiger partial charge in [-0.1, -0.05) is 42.0 Å². The fraction of sp³-hybridized carbons (Fsp3) is 0.111. The van der Waals surface area contributed by atoms with Crippen LogP contribution in [-0.4, -0.2) is 9.97 Å². The molecule has 4 heteroatoms. The second-order valence-electron chi connectivity index (χ2n) is 5.09. The van der Waals surface area contributed by atoms with E-state index in [9.17, 15) is 4.39 Å². The van der Waals surface area contributed by atoms with E-state index in [-0.39, 0.29) is 5.82 Å². The average Bonchev–Trinajstić information content (AvgIpc) is 2.54. The molecule has 0 atom stereocenters. The smallest absolute Gasteiger partial charge is 0.164 e. The molecule has 22 heavy (non-hydrogen) atoms. The summed E-state index contributed by atoms with van der Waals surface area (Å²) in [4.78, 5) is 8.53. The van der Waals surface area contributed by atoms with E-state index in [0.717, 1.165) is 0 Å². The van der Waals surface area contributed by atoms with Crippen molar-refractivity contribution in [3.63, 3.8) is 0 Å². The number of benzene rings is 2. The average molecular weight is 293 g/mol. The highest BCUT2D eigenvalue weighted by atomic mass is 19.1. The van der Waals surface area contributed by atoms with Gasteiger partial charge >= 0.3 is 0 Å². The van der Waals surface area contributed by atoms with Crippen LogP contribution in [0.3, 0.4) is 0 Å². The molecule has 3 rings (SSSR count). The number of hydrogen-bond donors (Lipinski definition) is 1. The van der Waals surface area contributed by atoms with Crippen molar-refractivity contribution in [2.24, 2.45) is 0 Å². The Morgan fingerprint density at radius 3 is 2.73 bits per heavy atom. The molecule has 0 radical (unpaired) electrons. The maximum atomic E-state index is 13.8. The van der Waals surface area contributed by atoms with E-state index in [4.69, 9.17) is 0 Å². The minimum absolute atomic E-state index is 0.321. The molecule has 3 aromatic rings. The zero-order valence-corrected chi connectivity index (χ0v) is 12.3. The van der Waals surface area contributed by atoms with E-state index in [0.29, 0.717) is 23.8 Å². The van der Waals surface area contributed by atoms with E-state index in [1.165, 1.54) is 17.2 Å². The van der Waals surface area contributed by atoms with Gasteiger partial charge in [0.1, 0.15) is 11.6 Å². The summed E-state index contributed by atoms with van der Waals surface area (Å²) in [6.45, 7) is 2.72. The standard InChI is InChI=1S/C18H16FN3/c1-13-5-4-6-14(11-13)12-21-17-9-10-20-18(22-17)15-7-2-3-8-16(15)19/h2-11H,12H2,1H3,(H,20,21,22). The first-order chi connectivity index (χ1) is 10.7. The summed E-state index contributed by atoms with van der Waals surface area (Å²) in [6.07, 6.45) is 1.63. The molecule has 0 fully saturated rings. The van der Waals surface area contributed by atoms with Crippen molar-refractivity contribution in [3.8, 4) is 11.4 Å². The van der Waals surface area contributed by atoms with Crippen LogP contribution in [0.25, 0.3) is 11.4 Å². The van der Waals surface area contributed by atoms with Crippen LogP contribution >= 0.6 is 0 Å². The Balaban J connectivity index is 1.79. The summed E-state index contributed by atoms with van der Waals surface area (Å²) in [7, 11) is 0. The molecule has 2 aromatic carbocycles. The molecule has 0 amide bonds. The molecule has 1 N–H and O–H groups in total. The molecule has 0 saturated heterocycles. The molecule has 0 bridgehead atoms. The SMILES string of the molecule is Cc1cccc(CNc2ccnc(-c3ccccc3F)n2)c1. The van der Waals surface area contributed by atoms with Crippen LogP contribution < -0.4 is 5.32 Å². The topological polar surface area (TPSA) is 37.8 Å². The Kier molecular flexibility index (Phi) is 4.10. The van der Waals surface area contributed by atoms with Gasteiger partial charge in [-0.25, -0.2) is 14.4 Å². The second kappa shape index (κ2) is 6.35. The highest BCUT2D eigenvalue weighted by Crippen LogP contribution is 2.19. The summed E-state index contributed by atoms with van der Waals surface area (Å²) in [5.74, 6) is 0.737. The van der Waals surface area contributed by atoms with E-state index in [1.54, 1.807) is 30.5 Å². The minimum Gasteiger partial charge on any atom is -0.366 e. The Morgan fingerprint density at radius 2 is 1.91 bits per heavy atom. The molecule has 1 heterocycles. The van der Waals surface area contributed by atoms with Crippen molar-refractivity contribution in [2.45, 2.75) is 13.5 Å². The van der Waals surface area contributed by atoms with Gasteiger partial charge in [-0.3, -0.25) is 0 Å². The summed E-state index contributed by atoms with van der Waals surface area (Å²) >= 11 is 0. The van der Waals surface area contributed by atoms with Gasteiger partial charge in [-0.05, 0) is 30.7 Å². The third-order valence-electron chi connectivity index (χ3n) is 3.33. The van der Waals surface area contributed by atoms with E-state index in [2.05, 4.69) is 40.4 Å². The van der Waals surface area contributed by atoms with E-state index in [1.807, 2.05) is 6.07 Å². The van der Waals surface area contributed by atoms with E-state index >= 15 is 0 Å². The Hall–Kier alpha value is -2.75. The number of anilines is 1. The fourth-order valence-electron chi connectivity index (χ4n) is 2.24. The van der Waals surface area contributed by atoms with Gasteiger partial charge in [0.05, 0.1) is 5.56 Å². The van der Waals surface area contributed by atoms with Crippen LogP contribution in [0.2, 0.25) is 0 Å². The maximum Gasteiger partial charge on any atom is 0.164 e. The first kappa shape index (κ1) is 14.2. The monoisotopic (exact) mass is 293 g/mol. The van der Waals surface area contributed by atoms with Crippen LogP contribution in [0.1, 0.15) is 11.1 Å². The van der Waals surface area contributed by atoms with Crippen LogP contribution in [0, 0.1) is 12.7 Å². The molecule has 0 spiro atoms. The molecule has 0 aliphatic heterocycles. The minimum atomic E-state index is -0.321. The Morgan fingerprint density at radius 1 is 1.05 bits per heavy atom. The summed E-state index contributed by atoms with van der Waals surface area (Å²) < 4.78 is 13.8. The van der Waals surface area contributed by atoms with Crippen molar-refractivity contribution in [2.75, 3.05) is 5.32 Å². The maximum absolute atomic E-state index is 13.8. The number of aryl methyl sites for hydroxylation is 1. The first-order valence-electron chi connectivity index (χ1n) is 7.10. The molecule has 0 aliphatic rings. The summed E-state index contributed by atoms with van der Waals surface area (Å²) in [6, 6.07) is 16.5. The molecule has 0 saturated carbocycles. The highest BCUT2D eigenvalue weighted by Gasteiger charge is 2.07. The molecular formula is C18H16FN3. The third kappa shape index (κ3) is 3.28. The van der Waals surface area contributed by atoms with Crippen LogP contribution in [0.5, 0.6) is 0 Å². The number of nitrogens with one attached hydrogen (secondary N) is 1. The van der Waals surface area contributed by atoms with Crippen molar-refractivity contribution in [1.82, 2.24) is 9.97 Å². The molecule has 0 aliphatic carbocycles. The molecule has 0 unspecified atom stereocenters. The van der Waals surface area contributed by atoms with E-state index < -0.39 is 0 Å². The third-order valence-corrected chi connectivity index (χ3v) is 3.33. The van der Waals surface area contributed by atoms with Gasteiger partial charge < -0.3 is 5.32 Å². The zero-order valence-electron chi connectivity index (χ0n) is 12.3. The number of hydrogen-bond acceptors (Lipinski definition) is 3. The number of aromatic nitrogens is 2. The van der Waals surface area contributed by atoms with Gasteiger partial charge in [0.15, 0.2) is 5.82 Å². The predicted molar refractivity (Wildman–Crippen MR) is 85.9 cm³/mol. The van der Waals surface area contributed by atoms with Crippen LogP contribution in [-0.2, 0) is 6.54 Å². The Bertz CT molecular complexity index is 787. The lowest BCUT2D eigenvalue weighted by molar-refractivity contribution is 0.630. The van der Waals surface area contributed by atoms with Crippen molar-refractivity contribution < 1.29 is 4.39 Å². The lowest BCUT2D eigenvalue weighted by Crippen LogP contribution is -2.03. The predicted octanol–water partition coefficient (Wildman–Crippen LogP) is 4.20. The van der Waals surface area contributed by atoms with Gasteiger partial charge in [0.25, 0.3) is 0 Å².